The van der Waals surface area contributed by atoms with Crippen molar-refractivity contribution in [3.8, 4) is 6.07 Å². The lowest BCUT2D eigenvalue weighted by atomic mass is 9.99. The van der Waals surface area contributed by atoms with Gasteiger partial charge >= 0.3 is 0 Å². The molecular formula is C12H18N2OS. The predicted octanol–water partition coefficient (Wildman–Crippen LogP) is 2.79. The maximum Gasteiger partial charge on any atom is 0.113 e. The zero-order valence-corrected chi connectivity index (χ0v) is 10.6. The Morgan fingerprint density at radius 2 is 2.44 bits per heavy atom. The van der Waals surface area contributed by atoms with Gasteiger partial charge in [0.25, 0.3) is 0 Å². The van der Waals surface area contributed by atoms with Crippen LogP contribution in [0.5, 0.6) is 0 Å². The lowest BCUT2D eigenvalue weighted by Crippen LogP contribution is -2.37. The molecule has 0 aliphatic carbocycles. The van der Waals surface area contributed by atoms with Crippen LogP contribution in [0.1, 0.15) is 25.5 Å². The van der Waals surface area contributed by atoms with Gasteiger partial charge in [0.1, 0.15) is 11.3 Å². The second-order valence-corrected chi connectivity index (χ2v) is 5.03. The molecule has 0 fully saturated rings. The van der Waals surface area contributed by atoms with Gasteiger partial charge < -0.3 is 9.73 Å². The lowest BCUT2D eigenvalue weighted by molar-refractivity contribution is 0.451. The second kappa shape index (κ2) is 6.62. The van der Waals surface area contributed by atoms with Crippen LogP contribution in [0.2, 0.25) is 0 Å². The predicted molar refractivity (Wildman–Crippen MR) is 67.2 cm³/mol. The van der Waals surface area contributed by atoms with Gasteiger partial charge in [-0.3, -0.25) is 0 Å². The third-order valence-electron chi connectivity index (χ3n) is 2.59. The van der Waals surface area contributed by atoms with Crippen molar-refractivity contribution in [2.24, 2.45) is 0 Å². The van der Waals surface area contributed by atoms with Crippen molar-refractivity contribution in [3.63, 3.8) is 0 Å². The summed E-state index contributed by atoms with van der Waals surface area (Å²) < 4.78 is 5.24. The van der Waals surface area contributed by atoms with Crippen LogP contribution in [-0.2, 0) is 5.75 Å². The second-order valence-electron chi connectivity index (χ2n) is 3.93. The Bertz CT molecular complexity index is 331. The van der Waals surface area contributed by atoms with Crippen LogP contribution >= 0.6 is 11.8 Å². The quantitative estimate of drug-likeness (QED) is 0.742. The standard InChI is InChI=1S/C12H18N2OS/c1-12(10-13,14-2)6-4-8-16-9-11-5-3-7-15-11/h3,5,7,14H,4,6,8-9H2,1-2H3. The van der Waals surface area contributed by atoms with E-state index >= 15 is 0 Å². The highest BCUT2D eigenvalue weighted by Gasteiger charge is 2.19. The molecule has 0 radical (unpaired) electrons. The molecule has 0 amide bonds. The summed E-state index contributed by atoms with van der Waals surface area (Å²) in [5.74, 6) is 2.98. The molecule has 1 heterocycles. The van der Waals surface area contributed by atoms with E-state index < -0.39 is 0 Å². The van der Waals surface area contributed by atoms with Crippen molar-refractivity contribution in [3.05, 3.63) is 24.2 Å². The van der Waals surface area contributed by atoms with Gasteiger partial charge in [-0.25, -0.2) is 0 Å². The first-order valence-corrected chi connectivity index (χ1v) is 6.56. The number of hydrogen-bond donors (Lipinski definition) is 1. The van der Waals surface area contributed by atoms with Gasteiger partial charge in [0.2, 0.25) is 0 Å². The normalized spacial score (nSPS) is 14.3. The van der Waals surface area contributed by atoms with Crippen LogP contribution in [0.15, 0.2) is 22.8 Å². The summed E-state index contributed by atoms with van der Waals surface area (Å²) >= 11 is 1.84. The Balaban J connectivity index is 2.11. The number of nitrogens with zero attached hydrogens (tertiary/aromatic N) is 1. The molecule has 0 aliphatic rings. The van der Waals surface area contributed by atoms with Crippen molar-refractivity contribution in [2.45, 2.75) is 31.1 Å². The highest BCUT2D eigenvalue weighted by Crippen LogP contribution is 2.17. The summed E-state index contributed by atoms with van der Waals surface area (Å²) in [5.41, 5.74) is -0.384. The van der Waals surface area contributed by atoms with Crippen LogP contribution < -0.4 is 5.32 Å². The third kappa shape index (κ3) is 4.30. The lowest BCUT2D eigenvalue weighted by Gasteiger charge is -2.19. The fourth-order valence-electron chi connectivity index (χ4n) is 1.33. The number of nitriles is 1. The Morgan fingerprint density at radius 1 is 1.62 bits per heavy atom. The fourth-order valence-corrected chi connectivity index (χ4v) is 2.19. The minimum atomic E-state index is -0.384. The Kier molecular flexibility index (Phi) is 5.44. The van der Waals surface area contributed by atoms with Crippen molar-refractivity contribution >= 4 is 11.8 Å². The highest BCUT2D eigenvalue weighted by molar-refractivity contribution is 7.98. The molecule has 1 unspecified atom stereocenters. The van der Waals surface area contributed by atoms with E-state index in [1.807, 2.05) is 37.9 Å². The van der Waals surface area contributed by atoms with Crippen molar-refractivity contribution in [2.75, 3.05) is 12.8 Å². The van der Waals surface area contributed by atoms with Gasteiger partial charge in [0.05, 0.1) is 18.1 Å². The van der Waals surface area contributed by atoms with E-state index in [0.717, 1.165) is 30.1 Å². The van der Waals surface area contributed by atoms with E-state index in [0.29, 0.717) is 0 Å². The first-order chi connectivity index (χ1) is 7.70. The molecule has 3 nitrogen and oxygen atoms in total. The van der Waals surface area contributed by atoms with Crippen molar-refractivity contribution < 1.29 is 4.42 Å². The van der Waals surface area contributed by atoms with Crippen molar-refractivity contribution in [1.29, 1.82) is 5.26 Å². The molecule has 1 aromatic heterocycles. The Morgan fingerprint density at radius 3 is 3.00 bits per heavy atom. The largest absolute Gasteiger partial charge is 0.468 e. The summed E-state index contributed by atoms with van der Waals surface area (Å²) in [6, 6.07) is 6.19. The van der Waals surface area contributed by atoms with Gasteiger partial charge in [-0.05, 0) is 44.7 Å². The molecule has 0 saturated heterocycles. The Labute approximate surface area is 101 Å². The van der Waals surface area contributed by atoms with Gasteiger partial charge in [0, 0.05) is 0 Å². The summed E-state index contributed by atoms with van der Waals surface area (Å²) in [4.78, 5) is 0. The summed E-state index contributed by atoms with van der Waals surface area (Å²) in [6.07, 6.45) is 3.62. The first kappa shape index (κ1) is 13.1. The van der Waals surface area contributed by atoms with Crippen LogP contribution in [0.3, 0.4) is 0 Å². The van der Waals surface area contributed by atoms with Crippen LogP contribution in [-0.4, -0.2) is 18.3 Å². The number of furan rings is 1. The minimum Gasteiger partial charge on any atom is -0.468 e. The van der Waals surface area contributed by atoms with E-state index in [1.54, 1.807) is 6.26 Å². The molecule has 0 spiro atoms. The van der Waals surface area contributed by atoms with Crippen molar-refractivity contribution in [1.82, 2.24) is 5.32 Å². The average Bonchev–Trinajstić information content (AvgIpc) is 2.81. The van der Waals surface area contributed by atoms with Gasteiger partial charge in [-0.2, -0.15) is 17.0 Å². The number of hydrogen-bond acceptors (Lipinski definition) is 4. The molecule has 4 heteroatoms. The van der Waals surface area contributed by atoms with Crippen LogP contribution in [0.4, 0.5) is 0 Å². The molecular weight excluding hydrogens is 220 g/mol. The smallest absolute Gasteiger partial charge is 0.113 e. The van der Waals surface area contributed by atoms with Gasteiger partial charge in [-0.15, -0.1) is 0 Å². The topological polar surface area (TPSA) is 49.0 Å². The maximum absolute atomic E-state index is 8.96. The Hall–Kier alpha value is -0.920. The van der Waals surface area contributed by atoms with E-state index in [4.69, 9.17) is 9.68 Å². The fraction of sp³-hybridized carbons (Fsp3) is 0.583. The van der Waals surface area contributed by atoms with Gasteiger partial charge in [-0.1, -0.05) is 0 Å². The van der Waals surface area contributed by atoms with E-state index in [1.165, 1.54) is 0 Å². The first-order valence-electron chi connectivity index (χ1n) is 5.40. The van der Waals surface area contributed by atoms with Crippen LogP contribution in [0, 0.1) is 11.3 Å². The number of rotatable bonds is 7. The summed E-state index contributed by atoms with van der Waals surface area (Å²) in [5, 5.41) is 12.0. The third-order valence-corrected chi connectivity index (χ3v) is 3.65. The molecule has 0 aromatic carbocycles. The molecule has 1 atom stereocenters. The van der Waals surface area contributed by atoms with E-state index in [9.17, 15) is 0 Å². The minimum absolute atomic E-state index is 0.384. The molecule has 0 bridgehead atoms. The van der Waals surface area contributed by atoms with E-state index in [2.05, 4.69) is 11.4 Å². The molecule has 1 rings (SSSR count). The van der Waals surface area contributed by atoms with E-state index in [-0.39, 0.29) is 5.54 Å². The highest BCUT2D eigenvalue weighted by atomic mass is 32.2. The molecule has 88 valence electrons. The molecule has 1 aromatic rings. The zero-order valence-electron chi connectivity index (χ0n) is 9.82. The summed E-state index contributed by atoms with van der Waals surface area (Å²) in [7, 11) is 1.83. The van der Waals surface area contributed by atoms with Crippen LogP contribution in [0.25, 0.3) is 0 Å². The summed E-state index contributed by atoms with van der Waals surface area (Å²) in [6.45, 7) is 1.93. The molecule has 16 heavy (non-hydrogen) atoms. The zero-order chi connectivity index (χ0) is 11.9. The molecule has 1 N–H and O–H groups in total. The average molecular weight is 238 g/mol. The maximum atomic E-state index is 8.96. The number of thioether (sulfide) groups is 1. The SMILES string of the molecule is CNC(C)(C#N)CCCSCc1ccco1. The monoisotopic (exact) mass is 238 g/mol. The molecule has 0 saturated carbocycles. The molecule has 0 aliphatic heterocycles. The number of nitrogens with one attached hydrogen (secondary N) is 1. The van der Waals surface area contributed by atoms with Gasteiger partial charge in [0.15, 0.2) is 0 Å².